The average molecular weight is 524 g/mol. The molecule has 0 aliphatic carbocycles. The van der Waals surface area contributed by atoms with Crippen molar-refractivity contribution in [2.24, 2.45) is 0 Å². The molecule has 0 aromatic heterocycles. The summed E-state index contributed by atoms with van der Waals surface area (Å²) in [6, 6.07) is 15.4. The Labute approximate surface area is 199 Å². The fraction of sp³-hybridized carbons (Fsp3) is 0.391. The number of para-hydroxylation sites is 1. The van der Waals surface area contributed by atoms with Gasteiger partial charge in [0.05, 0.1) is 11.9 Å². The maximum Gasteiger partial charge on any atom is 0.244 e. The number of carbonyl (C=O) groups is 2. The van der Waals surface area contributed by atoms with Crippen LogP contribution < -0.4 is 9.62 Å². The molecule has 0 aliphatic rings. The van der Waals surface area contributed by atoms with E-state index in [9.17, 15) is 18.0 Å². The van der Waals surface area contributed by atoms with Crippen molar-refractivity contribution in [3.05, 3.63) is 64.6 Å². The Bertz CT molecular complexity index is 1010. The van der Waals surface area contributed by atoms with E-state index in [0.29, 0.717) is 16.7 Å². The van der Waals surface area contributed by atoms with Crippen LogP contribution in [-0.2, 0) is 26.2 Å². The average Bonchev–Trinajstić information content (AvgIpc) is 2.76. The van der Waals surface area contributed by atoms with Crippen LogP contribution >= 0.6 is 15.9 Å². The number of benzene rings is 2. The number of amides is 2. The van der Waals surface area contributed by atoms with E-state index in [1.165, 1.54) is 4.90 Å². The van der Waals surface area contributed by atoms with Gasteiger partial charge in [0.15, 0.2) is 0 Å². The summed E-state index contributed by atoms with van der Waals surface area (Å²) in [5, 5.41) is 2.86. The number of carbonyl (C=O) groups excluding carboxylic acids is 2. The molecule has 2 amide bonds. The number of halogens is 1. The van der Waals surface area contributed by atoms with Crippen molar-refractivity contribution in [1.82, 2.24) is 10.2 Å². The molecule has 0 spiro atoms. The first-order chi connectivity index (χ1) is 15.1. The van der Waals surface area contributed by atoms with Crippen LogP contribution in [0, 0.1) is 0 Å². The second kappa shape index (κ2) is 12.0. The maximum atomic E-state index is 13.4. The number of unbranched alkanes of at least 4 members (excludes halogenated alkanes) is 1. The molecule has 2 aromatic rings. The SMILES string of the molecule is CCCCNC(=O)C(C)N(Cc1ccccc1)C(=O)CN(c1ccccc1Br)S(C)(=O)=O. The normalized spacial score (nSPS) is 12.1. The zero-order valence-electron chi connectivity index (χ0n) is 18.6. The molecule has 2 aromatic carbocycles. The first-order valence-electron chi connectivity index (χ1n) is 10.5. The zero-order chi connectivity index (χ0) is 23.7. The van der Waals surface area contributed by atoms with E-state index < -0.39 is 28.5 Å². The third-order valence-electron chi connectivity index (χ3n) is 4.99. The van der Waals surface area contributed by atoms with Crippen molar-refractivity contribution in [2.75, 3.05) is 23.7 Å². The van der Waals surface area contributed by atoms with E-state index in [4.69, 9.17) is 0 Å². The first kappa shape index (κ1) is 25.9. The van der Waals surface area contributed by atoms with Crippen LogP contribution in [0.5, 0.6) is 0 Å². The van der Waals surface area contributed by atoms with Gasteiger partial charge in [0.1, 0.15) is 12.6 Å². The number of rotatable bonds is 11. The number of nitrogens with zero attached hydrogens (tertiary/aromatic N) is 2. The van der Waals surface area contributed by atoms with E-state index in [1.807, 2.05) is 37.3 Å². The molecule has 7 nitrogen and oxygen atoms in total. The van der Waals surface area contributed by atoms with Crippen LogP contribution in [0.2, 0.25) is 0 Å². The minimum Gasteiger partial charge on any atom is -0.354 e. The van der Waals surface area contributed by atoms with Gasteiger partial charge < -0.3 is 10.2 Å². The van der Waals surface area contributed by atoms with Crippen molar-refractivity contribution in [3.63, 3.8) is 0 Å². The smallest absolute Gasteiger partial charge is 0.244 e. The van der Waals surface area contributed by atoms with E-state index in [0.717, 1.165) is 29.0 Å². The van der Waals surface area contributed by atoms with E-state index in [2.05, 4.69) is 21.2 Å². The lowest BCUT2D eigenvalue weighted by Gasteiger charge is -2.31. The maximum absolute atomic E-state index is 13.4. The Hall–Kier alpha value is -2.39. The second-order valence-corrected chi connectivity index (χ2v) is 10.3. The van der Waals surface area contributed by atoms with Crippen molar-refractivity contribution in [3.8, 4) is 0 Å². The Morgan fingerprint density at radius 3 is 2.28 bits per heavy atom. The Morgan fingerprint density at radius 2 is 1.69 bits per heavy atom. The molecule has 174 valence electrons. The second-order valence-electron chi connectivity index (χ2n) is 7.55. The molecule has 0 saturated carbocycles. The Morgan fingerprint density at radius 1 is 1.06 bits per heavy atom. The fourth-order valence-corrected chi connectivity index (χ4v) is 4.63. The van der Waals surface area contributed by atoms with Crippen LogP contribution in [0.4, 0.5) is 5.69 Å². The summed E-state index contributed by atoms with van der Waals surface area (Å²) in [7, 11) is -3.75. The zero-order valence-corrected chi connectivity index (χ0v) is 21.0. The van der Waals surface area contributed by atoms with Gasteiger partial charge in [-0.15, -0.1) is 0 Å². The molecular formula is C23H30BrN3O4S. The van der Waals surface area contributed by atoms with Crippen molar-refractivity contribution < 1.29 is 18.0 Å². The van der Waals surface area contributed by atoms with Gasteiger partial charge in [-0.1, -0.05) is 55.8 Å². The van der Waals surface area contributed by atoms with Crippen molar-refractivity contribution in [1.29, 1.82) is 0 Å². The van der Waals surface area contributed by atoms with Crippen LogP contribution in [0.1, 0.15) is 32.3 Å². The lowest BCUT2D eigenvalue weighted by Crippen LogP contribution is -2.51. The molecule has 0 heterocycles. The topological polar surface area (TPSA) is 86.8 Å². The predicted molar refractivity (Wildman–Crippen MR) is 131 cm³/mol. The van der Waals surface area contributed by atoms with Gasteiger partial charge >= 0.3 is 0 Å². The van der Waals surface area contributed by atoms with Gasteiger partial charge in [0.2, 0.25) is 21.8 Å². The highest BCUT2D eigenvalue weighted by Crippen LogP contribution is 2.28. The Kier molecular flexibility index (Phi) is 9.71. The lowest BCUT2D eigenvalue weighted by molar-refractivity contribution is -0.139. The summed E-state index contributed by atoms with van der Waals surface area (Å²) >= 11 is 3.36. The van der Waals surface area contributed by atoms with E-state index in [1.54, 1.807) is 31.2 Å². The monoisotopic (exact) mass is 523 g/mol. The number of anilines is 1. The quantitative estimate of drug-likeness (QED) is 0.456. The molecule has 9 heteroatoms. The summed E-state index contributed by atoms with van der Waals surface area (Å²) in [5.74, 6) is -0.734. The predicted octanol–water partition coefficient (Wildman–Crippen LogP) is 3.55. The minimum atomic E-state index is -3.75. The molecule has 0 aliphatic heterocycles. The van der Waals surface area contributed by atoms with Gasteiger partial charge in [-0.25, -0.2) is 8.42 Å². The summed E-state index contributed by atoms with van der Waals surface area (Å²) in [6.07, 6.45) is 2.84. The first-order valence-corrected chi connectivity index (χ1v) is 13.1. The van der Waals surface area contributed by atoms with Crippen LogP contribution in [-0.4, -0.2) is 50.5 Å². The molecule has 1 atom stereocenters. The largest absolute Gasteiger partial charge is 0.354 e. The third kappa shape index (κ3) is 7.34. The van der Waals surface area contributed by atoms with E-state index >= 15 is 0 Å². The number of sulfonamides is 1. The minimum absolute atomic E-state index is 0.190. The third-order valence-corrected chi connectivity index (χ3v) is 6.79. The van der Waals surface area contributed by atoms with Gasteiger partial charge in [-0.3, -0.25) is 13.9 Å². The molecule has 0 radical (unpaired) electrons. The van der Waals surface area contributed by atoms with Gasteiger partial charge in [0.25, 0.3) is 0 Å². The number of nitrogens with one attached hydrogen (secondary N) is 1. The van der Waals surface area contributed by atoms with Crippen LogP contribution in [0.15, 0.2) is 59.1 Å². The van der Waals surface area contributed by atoms with E-state index in [-0.39, 0.29) is 12.5 Å². The van der Waals surface area contributed by atoms with Gasteiger partial charge in [-0.05, 0) is 47.0 Å². The fourth-order valence-electron chi connectivity index (χ4n) is 3.15. The standard InChI is InChI=1S/C23H30BrN3O4S/c1-4-5-15-25-23(29)18(2)26(16-19-11-7-6-8-12-19)22(28)17-27(32(3,30)31)21-14-10-9-13-20(21)24/h6-14,18H,4-5,15-17H2,1-3H3,(H,25,29). The highest BCUT2D eigenvalue weighted by atomic mass is 79.9. The summed E-state index contributed by atoms with van der Waals surface area (Å²) in [4.78, 5) is 27.5. The van der Waals surface area contributed by atoms with Crippen LogP contribution in [0.25, 0.3) is 0 Å². The highest BCUT2D eigenvalue weighted by Gasteiger charge is 2.30. The number of hydrogen-bond acceptors (Lipinski definition) is 4. The lowest BCUT2D eigenvalue weighted by atomic mass is 10.1. The molecule has 0 fully saturated rings. The van der Waals surface area contributed by atoms with Gasteiger partial charge in [-0.2, -0.15) is 0 Å². The van der Waals surface area contributed by atoms with Gasteiger partial charge in [0, 0.05) is 17.6 Å². The molecule has 2 rings (SSSR count). The summed E-state index contributed by atoms with van der Waals surface area (Å²) < 4.78 is 26.7. The molecule has 1 N–H and O–H groups in total. The Balaban J connectivity index is 2.33. The number of hydrogen-bond donors (Lipinski definition) is 1. The molecular weight excluding hydrogens is 494 g/mol. The van der Waals surface area contributed by atoms with Crippen molar-refractivity contribution in [2.45, 2.75) is 39.3 Å². The van der Waals surface area contributed by atoms with Crippen molar-refractivity contribution >= 4 is 43.5 Å². The molecule has 0 bridgehead atoms. The highest BCUT2D eigenvalue weighted by molar-refractivity contribution is 9.10. The molecule has 1 unspecified atom stereocenters. The molecule has 32 heavy (non-hydrogen) atoms. The van der Waals surface area contributed by atoms with Crippen LogP contribution in [0.3, 0.4) is 0 Å². The summed E-state index contributed by atoms with van der Waals surface area (Å²) in [6.45, 7) is 3.99. The molecule has 0 saturated heterocycles. The summed E-state index contributed by atoms with van der Waals surface area (Å²) in [5.41, 5.74) is 1.21.